The summed E-state index contributed by atoms with van der Waals surface area (Å²) in [5.41, 5.74) is 1.47. The summed E-state index contributed by atoms with van der Waals surface area (Å²) in [6.45, 7) is 4.33. The predicted octanol–water partition coefficient (Wildman–Crippen LogP) is 5.68. The first-order valence-corrected chi connectivity index (χ1v) is 11.4. The zero-order valence-corrected chi connectivity index (χ0v) is 17.9. The fourth-order valence-corrected chi connectivity index (χ4v) is 7.08. The van der Waals surface area contributed by atoms with Gasteiger partial charge in [0.25, 0.3) is 0 Å². The van der Waals surface area contributed by atoms with Gasteiger partial charge in [0.15, 0.2) is 0 Å². The van der Waals surface area contributed by atoms with Gasteiger partial charge in [-0.2, -0.15) is 0 Å². The summed E-state index contributed by atoms with van der Waals surface area (Å²) in [7, 11) is 0. The van der Waals surface area contributed by atoms with Crippen molar-refractivity contribution in [2.75, 3.05) is 5.32 Å². The Labute approximate surface area is 178 Å². The maximum absolute atomic E-state index is 13.0. The molecule has 3 aliphatic carbocycles. The number of para-hydroxylation sites is 1. The molecule has 2 N–H and O–H groups in total. The van der Waals surface area contributed by atoms with Crippen molar-refractivity contribution in [3.05, 3.63) is 53.8 Å². The average molecular weight is 406 g/mol. The van der Waals surface area contributed by atoms with E-state index in [0.717, 1.165) is 37.8 Å². The third kappa shape index (κ3) is 2.72. The number of anilines is 1. The van der Waals surface area contributed by atoms with E-state index in [1.807, 2.05) is 37.3 Å². The minimum atomic E-state index is -0.835. The van der Waals surface area contributed by atoms with Gasteiger partial charge in [-0.1, -0.05) is 37.3 Å². The molecule has 5 rings (SSSR count). The first kappa shape index (κ1) is 19.6. The van der Waals surface area contributed by atoms with Crippen LogP contribution in [-0.2, 0) is 4.79 Å². The van der Waals surface area contributed by atoms with Crippen molar-refractivity contribution >= 4 is 17.4 Å². The molecule has 0 unspecified atom stereocenters. The first-order valence-electron chi connectivity index (χ1n) is 11.4. The number of ketones is 1. The number of carboxylic acid groups (broad SMARTS) is 1. The number of aliphatic carboxylic acids is 1. The Hall–Kier alpha value is -2.36. The van der Waals surface area contributed by atoms with Crippen molar-refractivity contribution in [2.24, 2.45) is 34.5 Å². The van der Waals surface area contributed by atoms with E-state index in [9.17, 15) is 14.7 Å². The smallest absolute Gasteiger partial charge is 0.309 e. The van der Waals surface area contributed by atoms with Crippen molar-refractivity contribution in [3.8, 4) is 0 Å². The number of carbonyl (C=O) groups excluding carboxylic acids is 1. The quantitative estimate of drug-likeness (QED) is 0.491. The Morgan fingerprint density at radius 2 is 1.97 bits per heavy atom. The van der Waals surface area contributed by atoms with Crippen LogP contribution < -0.4 is 5.32 Å². The molecule has 0 amide bonds. The van der Waals surface area contributed by atoms with Crippen molar-refractivity contribution in [3.63, 3.8) is 0 Å². The largest absolute Gasteiger partial charge is 0.481 e. The average Bonchev–Trinajstić information content (AvgIpc) is 3.05. The van der Waals surface area contributed by atoms with Crippen LogP contribution in [0.15, 0.2) is 48.2 Å². The molecule has 0 saturated heterocycles. The van der Waals surface area contributed by atoms with Crippen LogP contribution in [-0.4, -0.2) is 16.9 Å². The van der Waals surface area contributed by atoms with E-state index in [4.69, 9.17) is 0 Å². The fraction of sp³-hybridized carbons (Fsp3) is 0.538. The highest BCUT2D eigenvalue weighted by Gasteiger charge is 2.57. The zero-order chi connectivity index (χ0) is 21.1. The van der Waals surface area contributed by atoms with Crippen LogP contribution in [0.3, 0.4) is 0 Å². The molecule has 2 saturated carbocycles. The molecule has 1 heterocycles. The third-order valence-electron chi connectivity index (χ3n) is 8.98. The SMILES string of the molecule is C[C@]12CC=CC[C@@H]1CC[C@H]1[C@@H](/C=C3\Nc4ccccc4C3=O)[C@](C)(C(=O)O)CC[C@@H]12. The number of benzene rings is 1. The molecule has 30 heavy (non-hydrogen) atoms. The lowest BCUT2D eigenvalue weighted by molar-refractivity contribution is -0.161. The van der Waals surface area contributed by atoms with Gasteiger partial charge in [-0.3, -0.25) is 9.59 Å². The van der Waals surface area contributed by atoms with Crippen LogP contribution in [0.5, 0.6) is 0 Å². The van der Waals surface area contributed by atoms with Crippen molar-refractivity contribution in [2.45, 2.75) is 52.4 Å². The Morgan fingerprint density at radius 1 is 1.17 bits per heavy atom. The van der Waals surface area contributed by atoms with Crippen LogP contribution in [0.1, 0.15) is 62.7 Å². The number of nitrogens with one attached hydrogen (secondary N) is 1. The first-order chi connectivity index (χ1) is 14.3. The van der Waals surface area contributed by atoms with E-state index < -0.39 is 11.4 Å². The van der Waals surface area contributed by atoms with Crippen LogP contribution in [0.4, 0.5) is 5.69 Å². The monoisotopic (exact) mass is 405 g/mol. The van der Waals surface area contributed by atoms with Gasteiger partial charge in [0, 0.05) is 11.3 Å². The molecule has 6 atom stereocenters. The molecule has 0 aromatic heterocycles. The van der Waals surface area contributed by atoms with Gasteiger partial charge >= 0.3 is 5.97 Å². The van der Waals surface area contributed by atoms with Crippen LogP contribution >= 0.6 is 0 Å². The van der Waals surface area contributed by atoms with Crippen LogP contribution in [0.25, 0.3) is 0 Å². The fourth-order valence-electron chi connectivity index (χ4n) is 7.08. The molecule has 0 radical (unpaired) electrons. The standard InChI is InChI=1S/C26H31NO3/c1-25-13-6-5-7-16(25)10-11-17-19(25)12-14-26(2,24(29)30)20(17)15-22-23(28)18-8-3-4-9-21(18)27-22/h3-6,8-9,15-17,19-20,27H,7,10-14H2,1-2H3,(H,29,30)/b22-15-/t16-,17-,19+,20-,25+,26-/m1/s1. The summed E-state index contributed by atoms with van der Waals surface area (Å²) in [6, 6.07) is 7.54. The molecule has 158 valence electrons. The molecule has 4 aliphatic rings. The minimum absolute atomic E-state index is 0.0130. The summed E-state index contributed by atoms with van der Waals surface area (Å²) in [5, 5.41) is 13.5. The molecule has 1 aliphatic heterocycles. The van der Waals surface area contributed by atoms with E-state index in [1.54, 1.807) is 0 Å². The summed E-state index contributed by atoms with van der Waals surface area (Å²) >= 11 is 0. The minimum Gasteiger partial charge on any atom is -0.481 e. The highest BCUT2D eigenvalue weighted by Crippen LogP contribution is 2.62. The highest BCUT2D eigenvalue weighted by atomic mass is 16.4. The molecule has 1 aromatic rings. The van der Waals surface area contributed by atoms with E-state index in [0.29, 0.717) is 35.4 Å². The molecule has 4 nitrogen and oxygen atoms in total. The van der Waals surface area contributed by atoms with Crippen molar-refractivity contribution in [1.29, 1.82) is 0 Å². The van der Waals surface area contributed by atoms with E-state index in [2.05, 4.69) is 24.4 Å². The summed E-state index contributed by atoms with van der Waals surface area (Å²) < 4.78 is 0. The maximum Gasteiger partial charge on any atom is 0.309 e. The Kier molecular flexibility index (Phi) is 4.46. The number of fused-ring (bicyclic) bond motifs is 4. The number of carboxylic acids is 1. The topological polar surface area (TPSA) is 66.4 Å². The maximum atomic E-state index is 13.0. The van der Waals surface area contributed by atoms with Crippen LogP contribution in [0.2, 0.25) is 0 Å². The van der Waals surface area contributed by atoms with Crippen molar-refractivity contribution in [1.82, 2.24) is 0 Å². The number of hydrogen-bond acceptors (Lipinski definition) is 3. The Balaban J connectivity index is 1.55. The third-order valence-corrected chi connectivity index (χ3v) is 8.98. The zero-order valence-electron chi connectivity index (χ0n) is 17.9. The summed E-state index contributed by atoms with van der Waals surface area (Å²) in [4.78, 5) is 25.5. The van der Waals surface area contributed by atoms with E-state index in [-0.39, 0.29) is 17.1 Å². The lowest BCUT2D eigenvalue weighted by Crippen LogP contribution is -2.54. The molecule has 4 heteroatoms. The van der Waals surface area contributed by atoms with Crippen LogP contribution in [0, 0.1) is 34.5 Å². The molecule has 0 bridgehead atoms. The summed E-state index contributed by atoms with van der Waals surface area (Å²) in [6.07, 6.45) is 12.7. The lowest BCUT2D eigenvalue weighted by Gasteiger charge is -2.59. The second kappa shape index (κ2) is 6.83. The van der Waals surface area contributed by atoms with Gasteiger partial charge < -0.3 is 10.4 Å². The second-order valence-electron chi connectivity index (χ2n) is 10.3. The molecular weight excluding hydrogens is 374 g/mol. The number of hydrogen-bond donors (Lipinski definition) is 2. The molecule has 2 fully saturated rings. The number of Topliss-reactive ketones (excluding diaryl/α,β-unsaturated/α-hetero) is 1. The van der Waals surface area contributed by atoms with Gasteiger partial charge in [0.05, 0.1) is 11.1 Å². The van der Waals surface area contributed by atoms with Gasteiger partial charge in [-0.05, 0) is 86.7 Å². The second-order valence-corrected chi connectivity index (χ2v) is 10.3. The predicted molar refractivity (Wildman–Crippen MR) is 117 cm³/mol. The van der Waals surface area contributed by atoms with E-state index >= 15 is 0 Å². The normalized spacial score (nSPS) is 41.0. The molecule has 1 aromatic carbocycles. The highest BCUT2D eigenvalue weighted by molar-refractivity contribution is 6.18. The lowest BCUT2D eigenvalue weighted by atomic mass is 9.45. The van der Waals surface area contributed by atoms with Crippen molar-refractivity contribution < 1.29 is 14.7 Å². The van der Waals surface area contributed by atoms with E-state index in [1.165, 1.54) is 0 Å². The Bertz CT molecular complexity index is 963. The number of rotatable bonds is 2. The van der Waals surface area contributed by atoms with Gasteiger partial charge in [-0.25, -0.2) is 0 Å². The number of allylic oxidation sites excluding steroid dienone is 4. The number of carbonyl (C=O) groups is 2. The van der Waals surface area contributed by atoms with Gasteiger partial charge in [0.1, 0.15) is 0 Å². The Morgan fingerprint density at radius 3 is 2.73 bits per heavy atom. The molecular formula is C26H31NO3. The van der Waals surface area contributed by atoms with Gasteiger partial charge in [0.2, 0.25) is 5.78 Å². The molecule has 0 spiro atoms. The van der Waals surface area contributed by atoms with Gasteiger partial charge in [-0.15, -0.1) is 0 Å². The summed E-state index contributed by atoms with van der Waals surface area (Å²) in [5.74, 6) is 0.621.